The Kier molecular flexibility index (Phi) is 5.96. The first-order valence-corrected chi connectivity index (χ1v) is 12.1. The van der Waals surface area contributed by atoms with Crippen LogP contribution in [0.15, 0.2) is 66.2 Å². The first-order valence-electron chi connectivity index (χ1n) is 11.3. The number of thiazole rings is 1. The van der Waals surface area contributed by atoms with Crippen LogP contribution in [0.25, 0.3) is 16.0 Å². The lowest BCUT2D eigenvalue weighted by Gasteiger charge is -2.22. The molecule has 1 fully saturated rings. The number of nitrogens with zero attached hydrogens (tertiary/aromatic N) is 3. The van der Waals surface area contributed by atoms with Crippen LogP contribution < -0.4 is 9.64 Å². The summed E-state index contributed by atoms with van der Waals surface area (Å²) in [7, 11) is 1.51. The number of rotatable bonds is 5. The predicted molar refractivity (Wildman–Crippen MR) is 140 cm³/mol. The minimum absolute atomic E-state index is 0.129. The normalized spacial score (nSPS) is 16.9. The molecule has 1 aliphatic rings. The van der Waals surface area contributed by atoms with Crippen LogP contribution in [0, 0.1) is 24.0 Å². The molecule has 1 atom stereocenters. The molecule has 9 nitrogen and oxygen atoms in total. The maximum absolute atomic E-state index is 13.4. The van der Waals surface area contributed by atoms with Gasteiger partial charge in [-0.3, -0.25) is 24.6 Å². The van der Waals surface area contributed by atoms with Gasteiger partial charge in [-0.15, -0.1) is 0 Å². The Morgan fingerprint density at radius 3 is 2.38 bits per heavy atom. The van der Waals surface area contributed by atoms with Crippen LogP contribution in [-0.2, 0) is 9.59 Å². The number of nitro groups is 1. The maximum atomic E-state index is 13.4. The van der Waals surface area contributed by atoms with Gasteiger partial charge in [0, 0.05) is 17.7 Å². The topological polar surface area (TPSA) is 123 Å². The van der Waals surface area contributed by atoms with E-state index in [9.17, 15) is 24.8 Å². The van der Waals surface area contributed by atoms with Gasteiger partial charge < -0.3 is 9.84 Å². The van der Waals surface area contributed by atoms with E-state index in [0.29, 0.717) is 27.5 Å². The van der Waals surface area contributed by atoms with E-state index in [1.165, 1.54) is 47.6 Å². The number of hydrogen-bond acceptors (Lipinski definition) is 8. The van der Waals surface area contributed by atoms with Crippen molar-refractivity contribution in [2.24, 2.45) is 0 Å². The Bertz CT molecular complexity index is 1610. The molecule has 0 spiro atoms. The Labute approximate surface area is 215 Å². The zero-order valence-corrected chi connectivity index (χ0v) is 20.9. The molecule has 1 N–H and O–H groups in total. The summed E-state index contributed by atoms with van der Waals surface area (Å²) >= 11 is 1.26. The number of amides is 1. The van der Waals surface area contributed by atoms with Crippen molar-refractivity contribution in [2.75, 3.05) is 12.0 Å². The van der Waals surface area contributed by atoms with Crippen molar-refractivity contribution in [2.45, 2.75) is 19.9 Å². The van der Waals surface area contributed by atoms with Gasteiger partial charge in [0.1, 0.15) is 11.5 Å². The molecule has 10 heteroatoms. The Morgan fingerprint density at radius 2 is 1.76 bits per heavy atom. The first-order chi connectivity index (χ1) is 17.7. The van der Waals surface area contributed by atoms with Gasteiger partial charge in [0.05, 0.1) is 33.9 Å². The number of ketones is 1. The van der Waals surface area contributed by atoms with Gasteiger partial charge in [-0.05, 0) is 73.0 Å². The molecular formula is C27H21N3O6S. The molecule has 4 aromatic rings. The largest absolute Gasteiger partial charge is 0.507 e. The lowest BCUT2D eigenvalue weighted by Crippen LogP contribution is -2.29. The third-order valence-corrected chi connectivity index (χ3v) is 7.25. The highest BCUT2D eigenvalue weighted by Gasteiger charge is 2.48. The molecule has 0 radical (unpaired) electrons. The SMILES string of the molecule is COc1ccc(/C(O)=C2\C(=O)C(=O)N(c3nc4c(C)cc(C)cc4s3)C2c2ccc([N+](=O)[O-])cc2)cc1. The third-order valence-electron chi connectivity index (χ3n) is 6.25. The number of Topliss-reactive ketones (excluding diaryl/α,β-unsaturated/α-hetero) is 1. The highest BCUT2D eigenvalue weighted by atomic mass is 32.1. The van der Waals surface area contributed by atoms with Crippen LogP contribution in [0.3, 0.4) is 0 Å². The highest BCUT2D eigenvalue weighted by molar-refractivity contribution is 7.22. The van der Waals surface area contributed by atoms with Crippen LogP contribution in [0.5, 0.6) is 5.75 Å². The van der Waals surface area contributed by atoms with Gasteiger partial charge in [0.15, 0.2) is 5.13 Å². The van der Waals surface area contributed by atoms with Crippen molar-refractivity contribution in [1.82, 2.24) is 4.98 Å². The molecule has 0 bridgehead atoms. The minimum atomic E-state index is -1.04. The molecular weight excluding hydrogens is 494 g/mol. The molecule has 186 valence electrons. The number of aryl methyl sites for hydroxylation is 2. The number of anilines is 1. The summed E-state index contributed by atoms with van der Waals surface area (Å²) in [6.45, 7) is 3.88. The van der Waals surface area contributed by atoms with Gasteiger partial charge in [-0.2, -0.15) is 0 Å². The van der Waals surface area contributed by atoms with Crippen LogP contribution >= 0.6 is 11.3 Å². The highest BCUT2D eigenvalue weighted by Crippen LogP contribution is 2.45. The van der Waals surface area contributed by atoms with Crippen LogP contribution in [0.2, 0.25) is 0 Å². The number of aliphatic hydroxyl groups is 1. The maximum Gasteiger partial charge on any atom is 0.301 e. The van der Waals surface area contributed by atoms with E-state index in [-0.39, 0.29) is 17.0 Å². The fourth-order valence-electron chi connectivity index (χ4n) is 4.49. The number of carbonyl (C=O) groups excluding carboxylic acids is 2. The molecule has 1 unspecified atom stereocenters. The second-order valence-corrected chi connectivity index (χ2v) is 9.68. The lowest BCUT2D eigenvalue weighted by atomic mass is 9.95. The molecule has 1 saturated heterocycles. The number of non-ortho nitro benzene ring substituents is 1. The number of methoxy groups -OCH3 is 1. The van der Waals surface area contributed by atoms with E-state index in [0.717, 1.165) is 15.8 Å². The van der Waals surface area contributed by atoms with Gasteiger partial charge in [-0.1, -0.05) is 17.4 Å². The Balaban J connectivity index is 1.72. The molecule has 3 aromatic carbocycles. The average Bonchev–Trinajstić information content (AvgIpc) is 3.42. The van der Waals surface area contributed by atoms with E-state index in [1.54, 1.807) is 24.3 Å². The van der Waals surface area contributed by atoms with E-state index < -0.39 is 22.7 Å². The zero-order chi connectivity index (χ0) is 26.4. The van der Waals surface area contributed by atoms with Crippen molar-refractivity contribution in [1.29, 1.82) is 0 Å². The summed E-state index contributed by atoms with van der Waals surface area (Å²) in [5.41, 5.74) is 3.16. The Morgan fingerprint density at radius 1 is 1.08 bits per heavy atom. The minimum Gasteiger partial charge on any atom is -0.507 e. The molecule has 1 aromatic heterocycles. The number of ether oxygens (including phenoxy) is 1. The molecule has 5 rings (SSSR count). The number of fused-ring (bicyclic) bond motifs is 1. The molecule has 2 heterocycles. The van der Waals surface area contributed by atoms with Crippen molar-refractivity contribution in [3.8, 4) is 5.75 Å². The molecule has 37 heavy (non-hydrogen) atoms. The van der Waals surface area contributed by atoms with Gasteiger partial charge in [0.2, 0.25) is 0 Å². The zero-order valence-electron chi connectivity index (χ0n) is 20.1. The standard InChI is InChI=1S/C27H21N3O6S/c1-14-12-15(2)22-20(13-14)37-27(28-22)29-23(16-4-8-18(9-5-16)30(34)35)21(25(32)26(29)33)24(31)17-6-10-19(36-3)11-7-17/h4-13,23,31H,1-3H3/b24-21+. The predicted octanol–water partition coefficient (Wildman–Crippen LogP) is 5.46. The van der Waals surface area contributed by atoms with Crippen LogP contribution in [0.4, 0.5) is 10.8 Å². The number of nitro benzene ring substituents is 1. The van der Waals surface area contributed by atoms with Gasteiger partial charge in [0.25, 0.3) is 11.5 Å². The molecule has 1 aliphatic heterocycles. The van der Waals surface area contributed by atoms with Crippen molar-refractivity contribution < 1.29 is 24.4 Å². The summed E-state index contributed by atoms with van der Waals surface area (Å²) in [6.07, 6.45) is 0. The van der Waals surface area contributed by atoms with Gasteiger partial charge in [-0.25, -0.2) is 4.98 Å². The monoisotopic (exact) mass is 515 g/mol. The Hall–Kier alpha value is -4.57. The second kappa shape index (κ2) is 9.14. The summed E-state index contributed by atoms with van der Waals surface area (Å²) in [5.74, 6) is -1.51. The number of benzene rings is 3. The number of aromatic nitrogens is 1. The first kappa shape index (κ1) is 24.1. The van der Waals surface area contributed by atoms with Gasteiger partial charge >= 0.3 is 5.91 Å². The average molecular weight is 516 g/mol. The fraction of sp³-hybridized carbons (Fsp3) is 0.148. The number of aliphatic hydroxyl groups excluding tert-OH is 1. The summed E-state index contributed by atoms with van der Waals surface area (Å²) in [4.78, 5) is 43.4. The number of hydrogen-bond donors (Lipinski definition) is 1. The third kappa shape index (κ3) is 4.11. The van der Waals surface area contributed by atoms with E-state index in [1.807, 2.05) is 26.0 Å². The fourth-order valence-corrected chi connectivity index (χ4v) is 5.66. The summed E-state index contributed by atoms with van der Waals surface area (Å²) < 4.78 is 6.02. The smallest absolute Gasteiger partial charge is 0.301 e. The molecule has 1 amide bonds. The van der Waals surface area contributed by atoms with Crippen molar-refractivity contribution in [3.63, 3.8) is 0 Å². The van der Waals surface area contributed by atoms with E-state index >= 15 is 0 Å². The quantitative estimate of drug-likeness (QED) is 0.123. The molecule has 0 saturated carbocycles. The van der Waals surface area contributed by atoms with Crippen molar-refractivity contribution in [3.05, 3.63) is 98.6 Å². The molecule has 0 aliphatic carbocycles. The second-order valence-electron chi connectivity index (χ2n) is 8.67. The summed E-state index contributed by atoms with van der Waals surface area (Å²) in [5, 5.41) is 22.8. The van der Waals surface area contributed by atoms with E-state index in [2.05, 4.69) is 4.98 Å². The van der Waals surface area contributed by atoms with Crippen LogP contribution in [0.1, 0.15) is 28.3 Å². The summed E-state index contributed by atoms with van der Waals surface area (Å²) in [6, 6.07) is 14.9. The lowest BCUT2D eigenvalue weighted by molar-refractivity contribution is -0.384. The van der Waals surface area contributed by atoms with E-state index in [4.69, 9.17) is 4.74 Å². The number of carbonyl (C=O) groups is 2. The van der Waals surface area contributed by atoms with Crippen molar-refractivity contribution >= 4 is 49.8 Å². The van der Waals surface area contributed by atoms with Crippen LogP contribution in [-0.4, -0.2) is 33.8 Å².